The van der Waals surface area contributed by atoms with Crippen molar-refractivity contribution in [3.8, 4) is 0 Å². The van der Waals surface area contributed by atoms with Gasteiger partial charge in [-0.05, 0) is 73.5 Å². The lowest BCUT2D eigenvalue weighted by molar-refractivity contribution is -0.245. The van der Waals surface area contributed by atoms with Gasteiger partial charge in [0, 0.05) is 11.8 Å². The molecule has 5 aliphatic rings. The maximum absolute atomic E-state index is 6.28. The van der Waals surface area contributed by atoms with Gasteiger partial charge in [0.25, 0.3) is 0 Å². The van der Waals surface area contributed by atoms with Gasteiger partial charge in [0.1, 0.15) is 0 Å². The largest absolute Gasteiger partial charge is 0.347 e. The van der Waals surface area contributed by atoms with E-state index in [1.54, 1.807) is 5.57 Å². The molecule has 2 nitrogen and oxygen atoms in total. The third kappa shape index (κ3) is 2.05. The van der Waals surface area contributed by atoms with Crippen molar-refractivity contribution in [1.82, 2.24) is 0 Å². The molecule has 0 amide bonds. The van der Waals surface area contributed by atoms with Crippen LogP contribution in [-0.2, 0) is 9.47 Å². The maximum Gasteiger partial charge on any atom is 0.174 e. The maximum atomic E-state index is 6.28. The number of hydrogen-bond donors (Lipinski definition) is 0. The quantitative estimate of drug-likeness (QED) is 0.535. The van der Waals surface area contributed by atoms with Crippen LogP contribution in [0.5, 0.6) is 0 Å². The molecular formula is C23H36O2. The van der Waals surface area contributed by atoms with Gasteiger partial charge in [-0.1, -0.05) is 39.3 Å². The van der Waals surface area contributed by atoms with Gasteiger partial charge in [0.2, 0.25) is 0 Å². The molecule has 0 N–H and O–H groups in total. The summed E-state index contributed by atoms with van der Waals surface area (Å²) < 4.78 is 12.6. The summed E-state index contributed by atoms with van der Waals surface area (Å²) in [4.78, 5) is 0. The standard InChI is InChI=1S/C23H36O2/c1-15-5-8-21(3)18-6-9-22(4)19(7-10-23(22)24-11-12-25-23)17(18)14-16(2)20(21)13-15/h15,17-20H,2,5-14H2,1,3-4H3/t15-,17+,18-,19-,20+,21+,22-/m0/s1. The summed E-state index contributed by atoms with van der Waals surface area (Å²) in [5.41, 5.74) is 2.30. The van der Waals surface area contributed by atoms with E-state index in [9.17, 15) is 0 Å². The Morgan fingerprint density at radius 3 is 2.44 bits per heavy atom. The van der Waals surface area contributed by atoms with E-state index in [1.807, 2.05) is 0 Å². The molecule has 0 radical (unpaired) electrons. The average molecular weight is 345 g/mol. The van der Waals surface area contributed by atoms with E-state index in [4.69, 9.17) is 9.47 Å². The summed E-state index contributed by atoms with van der Waals surface area (Å²) in [5, 5.41) is 0. The zero-order valence-corrected chi connectivity index (χ0v) is 16.5. The van der Waals surface area contributed by atoms with Crippen LogP contribution < -0.4 is 0 Å². The summed E-state index contributed by atoms with van der Waals surface area (Å²) in [5.74, 6) is 3.87. The lowest BCUT2D eigenvalue weighted by Crippen LogP contribution is -2.57. The second-order valence-corrected chi connectivity index (χ2v) is 10.6. The first-order valence-corrected chi connectivity index (χ1v) is 10.9. The third-order valence-corrected chi connectivity index (χ3v) is 9.68. The van der Waals surface area contributed by atoms with Gasteiger partial charge in [0.05, 0.1) is 13.2 Å². The molecule has 140 valence electrons. The Balaban J connectivity index is 1.49. The summed E-state index contributed by atoms with van der Waals surface area (Å²) in [6, 6.07) is 0. The molecule has 4 saturated carbocycles. The van der Waals surface area contributed by atoms with Crippen molar-refractivity contribution in [2.45, 2.75) is 77.9 Å². The zero-order chi connectivity index (χ0) is 17.4. The van der Waals surface area contributed by atoms with Crippen LogP contribution in [0.1, 0.15) is 72.1 Å². The van der Waals surface area contributed by atoms with Crippen molar-refractivity contribution in [3.05, 3.63) is 12.2 Å². The Bertz CT molecular complexity index is 577. The average Bonchev–Trinajstić information content (AvgIpc) is 3.17. The molecule has 7 atom stereocenters. The van der Waals surface area contributed by atoms with E-state index in [2.05, 4.69) is 27.4 Å². The van der Waals surface area contributed by atoms with Gasteiger partial charge in [0.15, 0.2) is 5.79 Å². The van der Waals surface area contributed by atoms with Gasteiger partial charge in [-0.2, -0.15) is 0 Å². The topological polar surface area (TPSA) is 18.5 Å². The molecule has 0 aromatic rings. The third-order valence-electron chi connectivity index (χ3n) is 9.68. The fourth-order valence-electron chi connectivity index (χ4n) is 8.32. The minimum Gasteiger partial charge on any atom is -0.347 e. The lowest BCUT2D eigenvalue weighted by Gasteiger charge is -2.62. The Morgan fingerprint density at radius 1 is 0.960 bits per heavy atom. The van der Waals surface area contributed by atoms with E-state index in [1.165, 1.54) is 44.9 Å². The zero-order valence-electron chi connectivity index (χ0n) is 16.5. The number of allylic oxidation sites excluding steroid dienone is 1. The summed E-state index contributed by atoms with van der Waals surface area (Å²) in [7, 11) is 0. The van der Waals surface area contributed by atoms with Crippen molar-refractivity contribution >= 4 is 0 Å². The van der Waals surface area contributed by atoms with Crippen molar-refractivity contribution in [2.24, 2.45) is 40.4 Å². The Labute approximate surface area is 153 Å². The molecule has 1 heterocycles. The first kappa shape index (κ1) is 16.8. The van der Waals surface area contributed by atoms with Crippen LogP contribution in [0.2, 0.25) is 0 Å². The van der Waals surface area contributed by atoms with Crippen LogP contribution in [0, 0.1) is 40.4 Å². The van der Waals surface area contributed by atoms with Crippen molar-refractivity contribution < 1.29 is 9.47 Å². The number of hydrogen-bond acceptors (Lipinski definition) is 2. The van der Waals surface area contributed by atoms with Crippen LogP contribution >= 0.6 is 0 Å². The van der Waals surface area contributed by atoms with Gasteiger partial charge in [-0.25, -0.2) is 0 Å². The molecule has 0 aromatic heterocycles. The highest BCUT2D eigenvalue weighted by Crippen LogP contribution is 2.70. The SMILES string of the molecule is C=C1C[C@@H]2[C@H](CC[C@@]3(C)[C@H]2CCC32OCCO2)[C@@]2(C)CC[C@H](C)C[C@H]12. The lowest BCUT2D eigenvalue weighted by atomic mass is 9.43. The highest BCUT2D eigenvalue weighted by atomic mass is 16.7. The summed E-state index contributed by atoms with van der Waals surface area (Å²) >= 11 is 0. The molecule has 2 heteroatoms. The van der Waals surface area contributed by atoms with Crippen molar-refractivity contribution in [1.29, 1.82) is 0 Å². The van der Waals surface area contributed by atoms with Gasteiger partial charge in [-0.15, -0.1) is 0 Å². The first-order chi connectivity index (χ1) is 11.9. The first-order valence-electron chi connectivity index (χ1n) is 10.9. The van der Waals surface area contributed by atoms with Crippen LogP contribution in [0.3, 0.4) is 0 Å². The molecule has 4 aliphatic carbocycles. The number of ether oxygens (including phenoxy) is 2. The smallest absolute Gasteiger partial charge is 0.174 e. The number of rotatable bonds is 0. The Hall–Kier alpha value is -0.340. The van der Waals surface area contributed by atoms with Gasteiger partial charge < -0.3 is 9.47 Å². The van der Waals surface area contributed by atoms with Gasteiger partial charge >= 0.3 is 0 Å². The molecular weight excluding hydrogens is 308 g/mol. The molecule has 0 bridgehead atoms. The Kier molecular flexibility index (Phi) is 3.60. The van der Waals surface area contributed by atoms with Crippen molar-refractivity contribution in [2.75, 3.05) is 13.2 Å². The van der Waals surface area contributed by atoms with Crippen LogP contribution in [0.4, 0.5) is 0 Å². The van der Waals surface area contributed by atoms with Crippen LogP contribution in [0.15, 0.2) is 12.2 Å². The predicted octanol–water partition coefficient (Wildman–Crippen LogP) is 5.57. The normalized spacial score (nSPS) is 54.2. The molecule has 1 spiro atoms. The minimum absolute atomic E-state index is 0.218. The second-order valence-electron chi connectivity index (χ2n) is 10.6. The van der Waals surface area contributed by atoms with E-state index in [0.29, 0.717) is 5.41 Å². The fourth-order valence-corrected chi connectivity index (χ4v) is 8.32. The van der Waals surface area contributed by atoms with Crippen molar-refractivity contribution in [3.63, 3.8) is 0 Å². The molecule has 25 heavy (non-hydrogen) atoms. The summed E-state index contributed by atoms with van der Waals surface area (Å²) in [6.45, 7) is 13.8. The van der Waals surface area contributed by atoms with Crippen LogP contribution in [0.25, 0.3) is 0 Å². The monoisotopic (exact) mass is 344 g/mol. The predicted molar refractivity (Wildman–Crippen MR) is 100 cm³/mol. The summed E-state index contributed by atoms with van der Waals surface area (Å²) in [6.07, 6.45) is 10.6. The molecule has 0 unspecified atom stereocenters. The fraction of sp³-hybridized carbons (Fsp3) is 0.913. The molecule has 5 rings (SSSR count). The van der Waals surface area contributed by atoms with E-state index >= 15 is 0 Å². The van der Waals surface area contributed by atoms with E-state index in [-0.39, 0.29) is 11.2 Å². The molecule has 1 aliphatic heterocycles. The second kappa shape index (κ2) is 5.35. The highest BCUT2D eigenvalue weighted by Gasteiger charge is 2.67. The van der Waals surface area contributed by atoms with Gasteiger partial charge in [-0.3, -0.25) is 0 Å². The molecule has 1 saturated heterocycles. The van der Waals surface area contributed by atoms with E-state index < -0.39 is 0 Å². The Morgan fingerprint density at radius 2 is 1.68 bits per heavy atom. The van der Waals surface area contributed by atoms with Crippen LogP contribution in [-0.4, -0.2) is 19.0 Å². The highest BCUT2D eigenvalue weighted by molar-refractivity contribution is 5.21. The number of fused-ring (bicyclic) bond motifs is 6. The molecule has 0 aromatic carbocycles. The molecule has 5 fully saturated rings. The minimum atomic E-state index is -0.261. The van der Waals surface area contributed by atoms with E-state index in [0.717, 1.165) is 49.2 Å².